The predicted molar refractivity (Wildman–Crippen MR) is 82.9 cm³/mol. The molecule has 0 aromatic heterocycles. The highest BCUT2D eigenvalue weighted by atomic mass is 35.5. The molecule has 0 spiro atoms. The number of nitrogens with zero attached hydrogens (tertiary/aromatic N) is 1. The Balaban J connectivity index is 2.03. The number of benzene rings is 1. The van der Waals surface area contributed by atoms with Gasteiger partial charge in [-0.3, -0.25) is 9.59 Å². The topological polar surface area (TPSA) is 49.4 Å². The molecule has 0 unspecified atom stereocenters. The third-order valence-corrected chi connectivity index (χ3v) is 4.13. The molecule has 0 aliphatic carbocycles. The first-order chi connectivity index (χ1) is 10.1. The Morgan fingerprint density at radius 1 is 1.43 bits per heavy atom. The van der Waals surface area contributed by atoms with Gasteiger partial charge in [-0.1, -0.05) is 43.1 Å². The summed E-state index contributed by atoms with van der Waals surface area (Å²) in [6.07, 6.45) is 3.00. The van der Waals surface area contributed by atoms with E-state index in [0.717, 1.165) is 18.4 Å². The number of unbranched alkanes of at least 4 members (excludes halogenated alkanes) is 1. The SMILES string of the molecule is CCCCNC(=O)[C@@H]1CCC(=O)N1Cc1ccccc1Cl. The smallest absolute Gasteiger partial charge is 0.242 e. The van der Waals surface area contributed by atoms with E-state index < -0.39 is 0 Å². The molecular formula is C16H21ClN2O2. The number of halogens is 1. The lowest BCUT2D eigenvalue weighted by Gasteiger charge is -2.24. The summed E-state index contributed by atoms with van der Waals surface area (Å²) in [4.78, 5) is 25.9. The molecule has 2 rings (SSSR count). The molecule has 1 aromatic rings. The molecule has 1 atom stereocenters. The van der Waals surface area contributed by atoms with Crippen LogP contribution in [-0.4, -0.2) is 29.3 Å². The van der Waals surface area contributed by atoms with E-state index in [9.17, 15) is 9.59 Å². The van der Waals surface area contributed by atoms with Crippen LogP contribution >= 0.6 is 11.6 Å². The van der Waals surface area contributed by atoms with Crippen LogP contribution in [0.1, 0.15) is 38.2 Å². The molecule has 4 nitrogen and oxygen atoms in total. The standard InChI is InChI=1S/C16H21ClN2O2/c1-2-3-10-18-16(21)14-8-9-15(20)19(14)11-12-6-4-5-7-13(12)17/h4-7,14H,2-3,8-11H2,1H3,(H,18,21)/t14-/m0/s1. The fourth-order valence-corrected chi connectivity index (χ4v) is 2.72. The second-order valence-corrected chi connectivity index (χ2v) is 5.72. The van der Waals surface area contributed by atoms with Crippen LogP contribution in [-0.2, 0) is 16.1 Å². The third-order valence-electron chi connectivity index (χ3n) is 3.76. The second kappa shape index (κ2) is 7.46. The summed E-state index contributed by atoms with van der Waals surface area (Å²) in [5.41, 5.74) is 0.876. The Hall–Kier alpha value is -1.55. The van der Waals surface area contributed by atoms with Gasteiger partial charge in [0.2, 0.25) is 11.8 Å². The molecule has 0 bridgehead atoms. The molecule has 1 saturated heterocycles. The Morgan fingerprint density at radius 2 is 2.19 bits per heavy atom. The minimum atomic E-state index is -0.370. The van der Waals surface area contributed by atoms with Crippen molar-refractivity contribution in [2.45, 2.75) is 45.2 Å². The molecule has 1 heterocycles. The highest BCUT2D eigenvalue weighted by molar-refractivity contribution is 6.31. The molecule has 1 aliphatic rings. The van der Waals surface area contributed by atoms with Crippen molar-refractivity contribution in [3.63, 3.8) is 0 Å². The number of hydrogen-bond acceptors (Lipinski definition) is 2. The summed E-state index contributed by atoms with van der Waals surface area (Å²) < 4.78 is 0. The molecule has 21 heavy (non-hydrogen) atoms. The van der Waals surface area contributed by atoms with E-state index in [-0.39, 0.29) is 17.9 Å². The van der Waals surface area contributed by atoms with Crippen molar-refractivity contribution in [3.8, 4) is 0 Å². The first-order valence-corrected chi connectivity index (χ1v) is 7.82. The van der Waals surface area contributed by atoms with Crippen molar-refractivity contribution >= 4 is 23.4 Å². The van der Waals surface area contributed by atoms with E-state index in [4.69, 9.17) is 11.6 Å². The molecule has 2 amide bonds. The molecule has 0 saturated carbocycles. The van der Waals surface area contributed by atoms with Crippen molar-refractivity contribution < 1.29 is 9.59 Å². The molecule has 1 aliphatic heterocycles. The van der Waals surface area contributed by atoms with Crippen molar-refractivity contribution in [2.24, 2.45) is 0 Å². The largest absolute Gasteiger partial charge is 0.354 e. The molecule has 5 heteroatoms. The number of carbonyl (C=O) groups is 2. The lowest BCUT2D eigenvalue weighted by atomic mass is 10.1. The van der Waals surface area contributed by atoms with E-state index in [1.54, 1.807) is 11.0 Å². The van der Waals surface area contributed by atoms with Crippen LogP contribution in [0.15, 0.2) is 24.3 Å². The van der Waals surface area contributed by atoms with Crippen LogP contribution in [0.2, 0.25) is 5.02 Å². The highest BCUT2D eigenvalue weighted by Gasteiger charge is 2.35. The van der Waals surface area contributed by atoms with Crippen molar-refractivity contribution in [3.05, 3.63) is 34.9 Å². The van der Waals surface area contributed by atoms with Crippen LogP contribution in [0.4, 0.5) is 0 Å². The highest BCUT2D eigenvalue weighted by Crippen LogP contribution is 2.24. The summed E-state index contributed by atoms with van der Waals surface area (Å²) >= 11 is 6.14. The second-order valence-electron chi connectivity index (χ2n) is 5.31. The molecular weight excluding hydrogens is 288 g/mol. The van der Waals surface area contributed by atoms with Crippen molar-refractivity contribution in [1.82, 2.24) is 10.2 Å². The maximum atomic E-state index is 12.2. The Morgan fingerprint density at radius 3 is 2.90 bits per heavy atom. The summed E-state index contributed by atoms with van der Waals surface area (Å²) in [6.45, 7) is 3.14. The van der Waals surface area contributed by atoms with Crippen LogP contribution in [0.5, 0.6) is 0 Å². The van der Waals surface area contributed by atoms with Gasteiger partial charge in [0.15, 0.2) is 0 Å². The maximum absolute atomic E-state index is 12.2. The average Bonchev–Trinajstić information content (AvgIpc) is 2.83. The predicted octanol–water partition coefficient (Wildman–Crippen LogP) is 2.75. The molecule has 1 aromatic carbocycles. The summed E-state index contributed by atoms with van der Waals surface area (Å²) in [5, 5.41) is 3.54. The van der Waals surface area contributed by atoms with Gasteiger partial charge in [0, 0.05) is 24.5 Å². The summed E-state index contributed by atoms with van der Waals surface area (Å²) in [6, 6.07) is 7.06. The Kier molecular flexibility index (Phi) is 5.62. The van der Waals surface area contributed by atoms with Crippen molar-refractivity contribution in [1.29, 1.82) is 0 Å². The molecule has 1 N–H and O–H groups in total. The lowest BCUT2D eigenvalue weighted by Crippen LogP contribution is -2.44. The fourth-order valence-electron chi connectivity index (χ4n) is 2.52. The van der Waals surface area contributed by atoms with E-state index in [2.05, 4.69) is 12.2 Å². The van der Waals surface area contributed by atoms with Crippen molar-refractivity contribution in [2.75, 3.05) is 6.54 Å². The minimum absolute atomic E-state index is 0.0190. The number of rotatable bonds is 6. The zero-order valence-electron chi connectivity index (χ0n) is 12.3. The minimum Gasteiger partial charge on any atom is -0.354 e. The number of amides is 2. The van der Waals surface area contributed by atoms with Gasteiger partial charge < -0.3 is 10.2 Å². The molecule has 0 radical (unpaired) electrons. The molecule has 1 fully saturated rings. The lowest BCUT2D eigenvalue weighted by molar-refractivity contribution is -0.135. The van der Waals surface area contributed by atoms with Gasteiger partial charge in [0.1, 0.15) is 6.04 Å². The van der Waals surface area contributed by atoms with Gasteiger partial charge in [-0.25, -0.2) is 0 Å². The van der Waals surface area contributed by atoms with Gasteiger partial charge in [-0.05, 0) is 24.5 Å². The Bertz CT molecular complexity index is 519. The maximum Gasteiger partial charge on any atom is 0.242 e. The van der Waals surface area contributed by atoms with E-state index in [1.807, 2.05) is 18.2 Å². The summed E-state index contributed by atoms with van der Waals surface area (Å²) in [5.74, 6) is -0.0353. The quantitative estimate of drug-likeness (QED) is 0.822. The average molecular weight is 309 g/mol. The van der Waals surface area contributed by atoms with Crippen LogP contribution in [0, 0.1) is 0 Å². The van der Waals surface area contributed by atoms with Gasteiger partial charge >= 0.3 is 0 Å². The number of likely N-dealkylation sites (tertiary alicyclic amines) is 1. The first-order valence-electron chi connectivity index (χ1n) is 7.44. The monoisotopic (exact) mass is 308 g/mol. The Labute approximate surface area is 130 Å². The van der Waals surface area contributed by atoms with Gasteiger partial charge in [-0.15, -0.1) is 0 Å². The number of hydrogen-bond donors (Lipinski definition) is 1. The zero-order valence-corrected chi connectivity index (χ0v) is 13.0. The fraction of sp³-hybridized carbons (Fsp3) is 0.500. The van der Waals surface area contributed by atoms with Gasteiger partial charge in [-0.2, -0.15) is 0 Å². The summed E-state index contributed by atoms with van der Waals surface area (Å²) in [7, 11) is 0. The van der Waals surface area contributed by atoms with Crippen LogP contribution < -0.4 is 5.32 Å². The number of nitrogens with one attached hydrogen (secondary N) is 1. The normalized spacial score (nSPS) is 18.1. The third kappa shape index (κ3) is 3.97. The van der Waals surface area contributed by atoms with Gasteiger partial charge in [0.05, 0.1) is 0 Å². The van der Waals surface area contributed by atoms with E-state index in [1.165, 1.54) is 0 Å². The van der Waals surface area contributed by atoms with E-state index >= 15 is 0 Å². The van der Waals surface area contributed by atoms with Gasteiger partial charge in [0.25, 0.3) is 0 Å². The first kappa shape index (κ1) is 15.8. The zero-order chi connectivity index (χ0) is 15.2. The van der Waals surface area contributed by atoms with Crippen LogP contribution in [0.3, 0.4) is 0 Å². The number of carbonyl (C=O) groups excluding carboxylic acids is 2. The van der Waals surface area contributed by atoms with E-state index in [0.29, 0.717) is 31.0 Å². The molecule has 114 valence electrons. The van der Waals surface area contributed by atoms with Crippen LogP contribution in [0.25, 0.3) is 0 Å².